The normalized spacial score (nSPS) is 37.4. The van der Waals surface area contributed by atoms with Crippen LogP contribution in [-0.4, -0.2) is 27.5 Å². The van der Waals surface area contributed by atoms with Gasteiger partial charge in [-0.15, -0.1) is 0 Å². The van der Waals surface area contributed by atoms with Crippen LogP contribution in [0, 0.1) is 17.3 Å². The number of carbonyl (C=O) groups excluding carboxylic acids is 2. The first-order chi connectivity index (χ1) is 11.0. The second kappa shape index (κ2) is 5.03. The zero-order chi connectivity index (χ0) is 16.1. The summed E-state index contributed by atoms with van der Waals surface area (Å²) in [5.41, 5.74) is 4.06. The number of pyridine rings is 1. The van der Waals surface area contributed by atoms with E-state index in [0.29, 0.717) is 18.3 Å². The molecule has 0 radical (unpaired) electrons. The molecule has 2 amide bonds. The number of carbonyl (C=O) groups is 2. The quantitative estimate of drug-likeness (QED) is 0.715. The van der Waals surface area contributed by atoms with Crippen molar-refractivity contribution in [1.29, 1.82) is 0 Å². The molecule has 3 N–H and O–H groups in total. The van der Waals surface area contributed by atoms with Crippen molar-refractivity contribution in [1.82, 2.24) is 15.8 Å². The van der Waals surface area contributed by atoms with Crippen LogP contribution in [0.2, 0.25) is 0 Å². The first kappa shape index (κ1) is 14.6. The molecule has 0 aromatic carbocycles. The molecular weight excluding hydrogens is 294 g/mol. The van der Waals surface area contributed by atoms with Crippen LogP contribution in [0.25, 0.3) is 0 Å². The second-order valence-corrected chi connectivity index (χ2v) is 7.59. The number of aromatic nitrogens is 1. The van der Waals surface area contributed by atoms with Crippen LogP contribution >= 0.6 is 0 Å². The first-order valence-corrected chi connectivity index (χ1v) is 8.22. The number of nitrogens with one attached hydrogen (secondary N) is 2. The number of hydrogen-bond acceptors (Lipinski definition) is 4. The molecule has 4 aliphatic carbocycles. The molecule has 5 rings (SSSR count). The van der Waals surface area contributed by atoms with Gasteiger partial charge in [0.1, 0.15) is 5.69 Å². The lowest BCUT2D eigenvalue weighted by Gasteiger charge is -2.59. The minimum atomic E-state index is -0.688. The van der Waals surface area contributed by atoms with E-state index >= 15 is 0 Å². The maximum Gasteiger partial charge on any atom is 0.288 e. The number of amides is 2. The fraction of sp³-hybridized carbons (Fsp3) is 0.588. The fourth-order valence-electron chi connectivity index (χ4n) is 5.29. The van der Waals surface area contributed by atoms with Gasteiger partial charge < -0.3 is 5.11 Å². The minimum absolute atomic E-state index is 0.172. The molecule has 0 spiro atoms. The molecule has 23 heavy (non-hydrogen) atoms. The molecule has 4 bridgehead atoms. The first-order valence-electron chi connectivity index (χ1n) is 8.22. The van der Waals surface area contributed by atoms with Crippen LogP contribution in [-0.2, 0) is 4.79 Å². The van der Waals surface area contributed by atoms with Gasteiger partial charge in [-0.3, -0.25) is 25.4 Å². The van der Waals surface area contributed by atoms with Crippen molar-refractivity contribution >= 4 is 11.8 Å². The van der Waals surface area contributed by atoms with Gasteiger partial charge in [-0.1, -0.05) is 6.07 Å². The summed E-state index contributed by atoms with van der Waals surface area (Å²) in [6, 6.07) is 5.04. The molecule has 0 saturated heterocycles. The fourth-order valence-corrected chi connectivity index (χ4v) is 5.29. The molecule has 2 unspecified atom stereocenters. The number of nitrogens with zero attached hydrogens (tertiary/aromatic N) is 1. The van der Waals surface area contributed by atoms with Crippen molar-refractivity contribution in [2.75, 3.05) is 0 Å². The number of aliphatic hydroxyl groups is 1. The van der Waals surface area contributed by atoms with E-state index in [1.54, 1.807) is 18.2 Å². The Morgan fingerprint density at radius 1 is 1.13 bits per heavy atom. The van der Waals surface area contributed by atoms with Crippen molar-refractivity contribution in [3.63, 3.8) is 0 Å². The topological polar surface area (TPSA) is 91.3 Å². The van der Waals surface area contributed by atoms with Gasteiger partial charge in [-0.25, -0.2) is 0 Å². The molecular formula is C17H21N3O3. The Hall–Kier alpha value is -1.95. The third-order valence-electron chi connectivity index (χ3n) is 5.70. The van der Waals surface area contributed by atoms with E-state index in [1.807, 2.05) is 0 Å². The molecule has 1 aromatic heterocycles. The van der Waals surface area contributed by atoms with Crippen molar-refractivity contribution in [3.05, 3.63) is 30.1 Å². The van der Waals surface area contributed by atoms with Crippen LogP contribution in [0.4, 0.5) is 0 Å². The van der Waals surface area contributed by atoms with Crippen LogP contribution < -0.4 is 10.9 Å². The zero-order valence-electron chi connectivity index (χ0n) is 12.9. The summed E-state index contributed by atoms with van der Waals surface area (Å²) in [6.07, 6.45) is 6.44. The summed E-state index contributed by atoms with van der Waals surface area (Å²) >= 11 is 0. The van der Waals surface area contributed by atoms with Crippen LogP contribution in [0.15, 0.2) is 24.4 Å². The molecule has 4 atom stereocenters. The SMILES string of the molecule is O=C(NNC(=O)C12C[C@@H]3C[C@@H](CC(O)(C3)C1)C2)c1ccccn1. The summed E-state index contributed by atoms with van der Waals surface area (Å²) in [6.45, 7) is 0. The Labute approximate surface area is 134 Å². The van der Waals surface area contributed by atoms with Gasteiger partial charge in [0.2, 0.25) is 5.91 Å². The summed E-state index contributed by atoms with van der Waals surface area (Å²) in [5.74, 6) is 0.258. The van der Waals surface area contributed by atoms with Gasteiger partial charge >= 0.3 is 0 Å². The van der Waals surface area contributed by atoms with Crippen molar-refractivity contribution in [2.24, 2.45) is 17.3 Å². The predicted octanol–water partition coefficient (Wildman–Crippen LogP) is 1.17. The molecule has 6 nitrogen and oxygen atoms in total. The Balaban J connectivity index is 1.44. The van der Waals surface area contributed by atoms with Gasteiger partial charge in [0.05, 0.1) is 11.0 Å². The van der Waals surface area contributed by atoms with Crippen LogP contribution in [0.1, 0.15) is 49.0 Å². The lowest BCUT2D eigenvalue weighted by molar-refractivity contribution is -0.178. The van der Waals surface area contributed by atoms with Gasteiger partial charge in [0.25, 0.3) is 5.91 Å². The van der Waals surface area contributed by atoms with E-state index in [0.717, 1.165) is 32.1 Å². The smallest absolute Gasteiger partial charge is 0.288 e. The number of hydrazine groups is 1. The maximum atomic E-state index is 12.7. The zero-order valence-corrected chi connectivity index (χ0v) is 12.9. The van der Waals surface area contributed by atoms with Crippen LogP contribution in [0.3, 0.4) is 0 Å². The van der Waals surface area contributed by atoms with Crippen molar-refractivity contribution < 1.29 is 14.7 Å². The third-order valence-corrected chi connectivity index (χ3v) is 5.70. The number of rotatable bonds is 2. The highest BCUT2D eigenvalue weighted by molar-refractivity contribution is 5.94. The van der Waals surface area contributed by atoms with E-state index in [2.05, 4.69) is 15.8 Å². The molecule has 0 aliphatic heterocycles. The Kier molecular flexibility index (Phi) is 3.20. The van der Waals surface area contributed by atoms with E-state index in [9.17, 15) is 14.7 Å². The maximum absolute atomic E-state index is 12.7. The summed E-state index contributed by atoms with van der Waals surface area (Å²) in [5, 5.41) is 10.7. The van der Waals surface area contributed by atoms with Crippen LogP contribution in [0.5, 0.6) is 0 Å². The predicted molar refractivity (Wildman–Crippen MR) is 81.9 cm³/mol. The Bertz CT molecular complexity index is 632. The van der Waals surface area contributed by atoms with Crippen molar-refractivity contribution in [2.45, 2.75) is 44.1 Å². The molecule has 6 heteroatoms. The standard InChI is InChI=1S/C17H21N3O3/c21-14(13-3-1-2-4-18-13)19-20-15(22)16-6-11-5-12(7-16)9-17(23,8-11)10-16/h1-4,11-12,23H,5-10H2,(H,19,21)(H,20,22)/t11-,12+,16?,17?. The monoisotopic (exact) mass is 315 g/mol. The molecule has 4 saturated carbocycles. The molecule has 4 aliphatic rings. The van der Waals surface area contributed by atoms with E-state index in [1.165, 1.54) is 6.20 Å². The summed E-state index contributed by atoms with van der Waals surface area (Å²) in [4.78, 5) is 28.7. The average molecular weight is 315 g/mol. The van der Waals surface area contributed by atoms with E-state index in [-0.39, 0.29) is 11.6 Å². The Morgan fingerprint density at radius 2 is 1.87 bits per heavy atom. The average Bonchev–Trinajstić information content (AvgIpc) is 2.50. The molecule has 1 heterocycles. The van der Waals surface area contributed by atoms with Gasteiger partial charge in [0, 0.05) is 6.20 Å². The molecule has 122 valence electrons. The van der Waals surface area contributed by atoms with Gasteiger partial charge in [-0.05, 0) is 62.5 Å². The van der Waals surface area contributed by atoms with E-state index in [4.69, 9.17) is 0 Å². The summed E-state index contributed by atoms with van der Waals surface area (Å²) in [7, 11) is 0. The lowest BCUT2D eigenvalue weighted by atomic mass is 9.47. The summed E-state index contributed by atoms with van der Waals surface area (Å²) < 4.78 is 0. The largest absolute Gasteiger partial charge is 0.390 e. The number of hydrogen-bond donors (Lipinski definition) is 3. The van der Waals surface area contributed by atoms with E-state index < -0.39 is 16.9 Å². The minimum Gasteiger partial charge on any atom is -0.390 e. The third kappa shape index (κ3) is 2.51. The highest BCUT2D eigenvalue weighted by atomic mass is 16.3. The van der Waals surface area contributed by atoms with Crippen molar-refractivity contribution in [3.8, 4) is 0 Å². The second-order valence-electron chi connectivity index (χ2n) is 7.59. The lowest BCUT2D eigenvalue weighted by Crippen LogP contribution is -2.61. The Morgan fingerprint density at radius 3 is 2.48 bits per heavy atom. The molecule has 1 aromatic rings. The highest BCUT2D eigenvalue weighted by Crippen LogP contribution is 2.61. The molecule has 4 fully saturated rings. The van der Waals surface area contributed by atoms with Gasteiger partial charge in [-0.2, -0.15) is 0 Å². The highest BCUT2D eigenvalue weighted by Gasteiger charge is 2.60. The van der Waals surface area contributed by atoms with Gasteiger partial charge in [0.15, 0.2) is 0 Å².